The second kappa shape index (κ2) is 7.49. The summed E-state index contributed by atoms with van der Waals surface area (Å²) in [5, 5.41) is 7.54. The van der Waals surface area contributed by atoms with Gasteiger partial charge in [-0.15, -0.1) is 0 Å². The van der Waals surface area contributed by atoms with E-state index >= 15 is 0 Å². The average molecular weight is 252 g/mol. The van der Waals surface area contributed by atoms with Crippen LogP contribution in [0.4, 0.5) is 0 Å². The van der Waals surface area contributed by atoms with E-state index in [2.05, 4.69) is 24.5 Å². The van der Waals surface area contributed by atoms with Gasteiger partial charge in [0.15, 0.2) is 0 Å². The molecule has 0 amide bonds. The van der Waals surface area contributed by atoms with Gasteiger partial charge in [0.1, 0.15) is 0 Å². The molecule has 3 atom stereocenters. The zero-order valence-corrected chi connectivity index (χ0v) is 12.4. The van der Waals surface area contributed by atoms with Gasteiger partial charge in [-0.3, -0.25) is 0 Å². The first-order valence-electron chi connectivity index (χ1n) is 8.29. The van der Waals surface area contributed by atoms with Gasteiger partial charge in [0.2, 0.25) is 0 Å². The molecule has 2 nitrogen and oxygen atoms in total. The smallest absolute Gasteiger partial charge is 0.00951 e. The summed E-state index contributed by atoms with van der Waals surface area (Å²) in [6.45, 7) is 5.97. The molecule has 0 spiro atoms. The fraction of sp³-hybridized carbons (Fsp3) is 1.00. The van der Waals surface area contributed by atoms with Crippen molar-refractivity contribution in [1.82, 2.24) is 10.6 Å². The van der Waals surface area contributed by atoms with Gasteiger partial charge in [-0.2, -0.15) is 0 Å². The van der Waals surface area contributed by atoms with E-state index in [1.54, 1.807) is 0 Å². The van der Waals surface area contributed by atoms with Gasteiger partial charge in [0.05, 0.1) is 0 Å². The molecular formula is C16H32N2. The van der Waals surface area contributed by atoms with E-state index < -0.39 is 0 Å². The van der Waals surface area contributed by atoms with Crippen LogP contribution in [0.25, 0.3) is 0 Å². The van der Waals surface area contributed by atoms with E-state index in [1.165, 1.54) is 64.3 Å². The van der Waals surface area contributed by atoms with E-state index in [0.717, 1.165) is 18.0 Å². The van der Waals surface area contributed by atoms with E-state index in [4.69, 9.17) is 0 Å². The third-order valence-electron chi connectivity index (χ3n) is 4.96. The molecule has 2 N–H and O–H groups in total. The zero-order valence-electron chi connectivity index (χ0n) is 12.4. The first kappa shape index (κ1) is 14.3. The summed E-state index contributed by atoms with van der Waals surface area (Å²) in [5.74, 6) is 0.947. The SMILES string of the molecule is CCC(NC(C)CC1CCCN1)C1CCCCC1. The van der Waals surface area contributed by atoms with Crippen LogP contribution in [0.15, 0.2) is 0 Å². The summed E-state index contributed by atoms with van der Waals surface area (Å²) in [7, 11) is 0. The van der Waals surface area contributed by atoms with Crippen molar-refractivity contribution >= 4 is 0 Å². The lowest BCUT2D eigenvalue weighted by Crippen LogP contribution is -2.44. The summed E-state index contributed by atoms with van der Waals surface area (Å²) in [6.07, 6.45) is 12.7. The zero-order chi connectivity index (χ0) is 12.8. The van der Waals surface area contributed by atoms with E-state index in [9.17, 15) is 0 Å². The van der Waals surface area contributed by atoms with Gasteiger partial charge in [-0.25, -0.2) is 0 Å². The fourth-order valence-electron chi connectivity index (χ4n) is 3.94. The van der Waals surface area contributed by atoms with E-state index in [1.807, 2.05) is 0 Å². The van der Waals surface area contributed by atoms with Gasteiger partial charge >= 0.3 is 0 Å². The Balaban J connectivity index is 1.73. The van der Waals surface area contributed by atoms with Crippen LogP contribution in [0.3, 0.4) is 0 Å². The Hall–Kier alpha value is -0.0800. The molecule has 0 aromatic heterocycles. The quantitative estimate of drug-likeness (QED) is 0.756. The lowest BCUT2D eigenvalue weighted by Gasteiger charge is -2.33. The number of nitrogens with one attached hydrogen (secondary N) is 2. The van der Waals surface area contributed by atoms with Crippen LogP contribution >= 0.6 is 0 Å². The van der Waals surface area contributed by atoms with Crippen LogP contribution < -0.4 is 10.6 Å². The monoisotopic (exact) mass is 252 g/mol. The maximum atomic E-state index is 3.92. The van der Waals surface area contributed by atoms with Crippen molar-refractivity contribution in [3.8, 4) is 0 Å². The largest absolute Gasteiger partial charge is 0.314 e. The van der Waals surface area contributed by atoms with Gasteiger partial charge in [-0.1, -0.05) is 26.2 Å². The lowest BCUT2D eigenvalue weighted by atomic mass is 9.82. The van der Waals surface area contributed by atoms with Crippen LogP contribution in [0.2, 0.25) is 0 Å². The Labute approximate surface area is 113 Å². The minimum absolute atomic E-state index is 0.674. The Morgan fingerprint density at radius 2 is 1.89 bits per heavy atom. The molecule has 18 heavy (non-hydrogen) atoms. The minimum Gasteiger partial charge on any atom is -0.314 e. The molecule has 2 rings (SSSR count). The maximum absolute atomic E-state index is 3.92. The second-order valence-corrected chi connectivity index (χ2v) is 6.51. The topological polar surface area (TPSA) is 24.1 Å². The van der Waals surface area contributed by atoms with Crippen LogP contribution in [0.5, 0.6) is 0 Å². The summed E-state index contributed by atoms with van der Waals surface area (Å²) in [5.41, 5.74) is 0. The summed E-state index contributed by atoms with van der Waals surface area (Å²) in [6, 6.07) is 2.21. The molecule has 2 heteroatoms. The molecule has 1 saturated heterocycles. The second-order valence-electron chi connectivity index (χ2n) is 6.51. The summed E-state index contributed by atoms with van der Waals surface area (Å²) in [4.78, 5) is 0. The van der Waals surface area contributed by atoms with Crippen LogP contribution in [-0.4, -0.2) is 24.7 Å². The average Bonchev–Trinajstić information content (AvgIpc) is 2.90. The highest BCUT2D eigenvalue weighted by Crippen LogP contribution is 2.28. The first-order valence-corrected chi connectivity index (χ1v) is 8.29. The van der Waals surface area contributed by atoms with Crippen LogP contribution in [0.1, 0.15) is 71.6 Å². The van der Waals surface area contributed by atoms with Crippen molar-refractivity contribution in [2.75, 3.05) is 6.54 Å². The molecule has 3 unspecified atom stereocenters. The Morgan fingerprint density at radius 3 is 2.50 bits per heavy atom. The Morgan fingerprint density at radius 1 is 1.11 bits per heavy atom. The van der Waals surface area contributed by atoms with Gasteiger partial charge in [0, 0.05) is 18.1 Å². The highest BCUT2D eigenvalue weighted by molar-refractivity contribution is 4.84. The summed E-state index contributed by atoms with van der Waals surface area (Å²) >= 11 is 0. The molecule has 0 aromatic rings. The molecule has 1 aliphatic carbocycles. The molecular weight excluding hydrogens is 220 g/mol. The highest BCUT2D eigenvalue weighted by Gasteiger charge is 2.24. The van der Waals surface area contributed by atoms with Crippen molar-refractivity contribution in [1.29, 1.82) is 0 Å². The van der Waals surface area contributed by atoms with Crippen molar-refractivity contribution in [2.45, 2.75) is 89.8 Å². The van der Waals surface area contributed by atoms with E-state index in [0.29, 0.717) is 6.04 Å². The lowest BCUT2D eigenvalue weighted by molar-refractivity contribution is 0.241. The molecule has 1 saturated carbocycles. The summed E-state index contributed by atoms with van der Waals surface area (Å²) < 4.78 is 0. The van der Waals surface area contributed by atoms with Crippen molar-refractivity contribution < 1.29 is 0 Å². The normalized spacial score (nSPS) is 29.3. The van der Waals surface area contributed by atoms with E-state index in [-0.39, 0.29) is 0 Å². The van der Waals surface area contributed by atoms with Crippen LogP contribution in [-0.2, 0) is 0 Å². The fourth-order valence-corrected chi connectivity index (χ4v) is 3.94. The molecule has 1 aliphatic heterocycles. The van der Waals surface area contributed by atoms with Crippen LogP contribution in [0, 0.1) is 5.92 Å². The van der Waals surface area contributed by atoms with Gasteiger partial charge in [0.25, 0.3) is 0 Å². The molecule has 2 fully saturated rings. The Kier molecular flexibility index (Phi) is 5.97. The highest BCUT2D eigenvalue weighted by atomic mass is 15.0. The van der Waals surface area contributed by atoms with Crippen molar-refractivity contribution in [2.24, 2.45) is 5.92 Å². The minimum atomic E-state index is 0.674. The predicted molar refractivity (Wildman–Crippen MR) is 78.9 cm³/mol. The predicted octanol–water partition coefficient (Wildman–Crippen LogP) is 3.47. The number of hydrogen-bond acceptors (Lipinski definition) is 2. The first-order chi connectivity index (χ1) is 8.79. The molecule has 0 bridgehead atoms. The standard InChI is InChI=1S/C16H32N2/c1-3-16(14-8-5-4-6-9-14)18-13(2)12-15-10-7-11-17-15/h13-18H,3-12H2,1-2H3. The maximum Gasteiger partial charge on any atom is 0.00951 e. The van der Waals surface area contributed by atoms with Crippen molar-refractivity contribution in [3.63, 3.8) is 0 Å². The Bertz CT molecular complexity index is 217. The molecule has 0 aromatic carbocycles. The number of rotatable bonds is 6. The molecule has 2 aliphatic rings. The number of hydrogen-bond donors (Lipinski definition) is 2. The van der Waals surface area contributed by atoms with Crippen molar-refractivity contribution in [3.05, 3.63) is 0 Å². The third-order valence-corrected chi connectivity index (χ3v) is 4.96. The molecule has 106 valence electrons. The van der Waals surface area contributed by atoms with Gasteiger partial charge in [-0.05, 0) is 57.9 Å². The molecule has 0 radical (unpaired) electrons. The van der Waals surface area contributed by atoms with Gasteiger partial charge < -0.3 is 10.6 Å². The molecule has 1 heterocycles. The third kappa shape index (κ3) is 4.24.